The van der Waals surface area contributed by atoms with Gasteiger partial charge in [-0.15, -0.1) is 0 Å². The van der Waals surface area contributed by atoms with Gasteiger partial charge in [-0.1, -0.05) is 18.2 Å². The van der Waals surface area contributed by atoms with E-state index in [9.17, 15) is 9.59 Å². The molecule has 0 saturated heterocycles. The molecule has 7 heteroatoms. The quantitative estimate of drug-likeness (QED) is 0.612. The van der Waals surface area contributed by atoms with Crippen LogP contribution >= 0.6 is 0 Å². The zero-order valence-electron chi connectivity index (χ0n) is 16.4. The van der Waals surface area contributed by atoms with Crippen molar-refractivity contribution in [3.8, 4) is 17.2 Å². The van der Waals surface area contributed by atoms with Gasteiger partial charge in [0.2, 0.25) is 5.91 Å². The van der Waals surface area contributed by atoms with Crippen LogP contribution in [0.25, 0.3) is 0 Å². The molecule has 2 N–H and O–H groups in total. The summed E-state index contributed by atoms with van der Waals surface area (Å²) in [7, 11) is 4.66. The van der Waals surface area contributed by atoms with E-state index in [-0.39, 0.29) is 11.8 Å². The van der Waals surface area contributed by atoms with E-state index in [1.807, 2.05) is 24.3 Å². The van der Waals surface area contributed by atoms with Gasteiger partial charge in [0.05, 0.1) is 21.3 Å². The molecule has 0 aliphatic rings. The van der Waals surface area contributed by atoms with Crippen molar-refractivity contribution in [1.29, 1.82) is 0 Å². The first-order chi connectivity index (χ1) is 13.6. The fourth-order valence-electron chi connectivity index (χ4n) is 2.70. The normalized spacial score (nSPS) is 10.1. The molecular formula is C21H26N2O5. The first-order valence-corrected chi connectivity index (χ1v) is 8.97. The number of nitrogens with one attached hydrogen (secondary N) is 2. The molecule has 0 radical (unpaired) electrons. The SMILES string of the molecule is COc1ccccc1CCC(=O)NCCNC(=O)c1ccc(OC)c(OC)c1. The van der Waals surface area contributed by atoms with Crippen LogP contribution < -0.4 is 24.8 Å². The monoisotopic (exact) mass is 386 g/mol. The Balaban J connectivity index is 1.73. The summed E-state index contributed by atoms with van der Waals surface area (Å²) in [6.45, 7) is 0.678. The molecule has 0 fully saturated rings. The van der Waals surface area contributed by atoms with Crippen molar-refractivity contribution in [2.24, 2.45) is 0 Å². The topological polar surface area (TPSA) is 85.9 Å². The van der Waals surface area contributed by atoms with Crippen molar-refractivity contribution in [3.05, 3.63) is 53.6 Å². The number of benzene rings is 2. The molecule has 0 unspecified atom stereocenters. The van der Waals surface area contributed by atoms with Crippen LogP contribution in [0.2, 0.25) is 0 Å². The summed E-state index contributed by atoms with van der Waals surface area (Å²) < 4.78 is 15.6. The second-order valence-electron chi connectivity index (χ2n) is 5.99. The number of ether oxygens (including phenoxy) is 3. The molecule has 2 aromatic rings. The van der Waals surface area contributed by atoms with E-state index in [2.05, 4.69) is 10.6 Å². The number of aryl methyl sites for hydroxylation is 1. The van der Waals surface area contributed by atoms with E-state index in [4.69, 9.17) is 14.2 Å². The number of hydrogen-bond acceptors (Lipinski definition) is 5. The summed E-state index contributed by atoms with van der Waals surface area (Å²) in [5, 5.41) is 5.56. The third-order valence-electron chi connectivity index (χ3n) is 4.19. The first kappa shape index (κ1) is 21.1. The number of hydrogen-bond donors (Lipinski definition) is 2. The molecule has 0 atom stereocenters. The Labute approximate surface area is 165 Å². The van der Waals surface area contributed by atoms with Crippen LogP contribution in [0, 0.1) is 0 Å². The average molecular weight is 386 g/mol. The lowest BCUT2D eigenvalue weighted by Crippen LogP contribution is -2.34. The van der Waals surface area contributed by atoms with Gasteiger partial charge in [-0.25, -0.2) is 0 Å². The highest BCUT2D eigenvalue weighted by Crippen LogP contribution is 2.27. The Hall–Kier alpha value is -3.22. The molecule has 0 saturated carbocycles. The third kappa shape index (κ3) is 5.90. The predicted octanol–water partition coefficient (Wildman–Crippen LogP) is 2.19. The van der Waals surface area contributed by atoms with E-state index in [0.717, 1.165) is 11.3 Å². The average Bonchev–Trinajstić information content (AvgIpc) is 2.74. The highest BCUT2D eigenvalue weighted by molar-refractivity contribution is 5.94. The van der Waals surface area contributed by atoms with Gasteiger partial charge in [0.1, 0.15) is 5.75 Å². The summed E-state index contributed by atoms with van der Waals surface area (Å²) in [5.41, 5.74) is 1.45. The predicted molar refractivity (Wildman–Crippen MR) is 106 cm³/mol. The van der Waals surface area contributed by atoms with E-state index in [1.54, 1.807) is 25.3 Å². The molecular weight excluding hydrogens is 360 g/mol. The Kier molecular flexibility index (Phi) is 8.14. The molecule has 7 nitrogen and oxygen atoms in total. The molecule has 0 aliphatic heterocycles. The number of amides is 2. The Morgan fingerprint density at radius 2 is 1.50 bits per heavy atom. The largest absolute Gasteiger partial charge is 0.496 e. The molecule has 0 aromatic heterocycles. The number of methoxy groups -OCH3 is 3. The van der Waals surface area contributed by atoms with Gasteiger partial charge in [0.15, 0.2) is 11.5 Å². The van der Waals surface area contributed by atoms with Crippen LogP contribution in [0.1, 0.15) is 22.3 Å². The van der Waals surface area contributed by atoms with Crippen LogP contribution in [0.5, 0.6) is 17.2 Å². The van der Waals surface area contributed by atoms with E-state index >= 15 is 0 Å². The van der Waals surface area contributed by atoms with Crippen molar-refractivity contribution < 1.29 is 23.8 Å². The Bertz CT molecular complexity index is 807. The second kappa shape index (κ2) is 10.8. The Morgan fingerprint density at radius 3 is 2.21 bits per heavy atom. The van der Waals surface area contributed by atoms with E-state index < -0.39 is 0 Å². The van der Waals surface area contributed by atoms with Crippen molar-refractivity contribution in [3.63, 3.8) is 0 Å². The third-order valence-corrected chi connectivity index (χ3v) is 4.19. The summed E-state index contributed by atoms with van der Waals surface area (Å²) >= 11 is 0. The molecule has 2 amide bonds. The smallest absolute Gasteiger partial charge is 0.251 e. The van der Waals surface area contributed by atoms with Crippen LogP contribution in [-0.2, 0) is 11.2 Å². The second-order valence-corrected chi connectivity index (χ2v) is 5.99. The molecule has 2 rings (SSSR count). The van der Waals surface area contributed by atoms with Crippen LogP contribution in [0.3, 0.4) is 0 Å². The van der Waals surface area contributed by atoms with Gasteiger partial charge in [-0.3, -0.25) is 9.59 Å². The maximum absolute atomic E-state index is 12.2. The number of rotatable bonds is 10. The molecule has 0 spiro atoms. The van der Waals surface area contributed by atoms with Crippen molar-refractivity contribution >= 4 is 11.8 Å². The highest BCUT2D eigenvalue weighted by atomic mass is 16.5. The summed E-state index contributed by atoms with van der Waals surface area (Å²) in [6, 6.07) is 12.6. The highest BCUT2D eigenvalue weighted by Gasteiger charge is 2.11. The van der Waals surface area contributed by atoms with Crippen LogP contribution in [-0.4, -0.2) is 46.2 Å². The van der Waals surface area contributed by atoms with Crippen molar-refractivity contribution in [1.82, 2.24) is 10.6 Å². The molecule has 0 bridgehead atoms. The van der Waals surface area contributed by atoms with Crippen molar-refractivity contribution in [2.45, 2.75) is 12.8 Å². The van der Waals surface area contributed by atoms with Gasteiger partial charge >= 0.3 is 0 Å². The lowest BCUT2D eigenvalue weighted by atomic mass is 10.1. The molecule has 150 valence electrons. The lowest BCUT2D eigenvalue weighted by Gasteiger charge is -2.11. The maximum Gasteiger partial charge on any atom is 0.251 e. The lowest BCUT2D eigenvalue weighted by molar-refractivity contribution is -0.121. The van der Waals surface area contributed by atoms with Gasteiger partial charge < -0.3 is 24.8 Å². The number of carbonyl (C=O) groups is 2. The maximum atomic E-state index is 12.2. The van der Waals surface area contributed by atoms with Crippen molar-refractivity contribution in [2.75, 3.05) is 34.4 Å². The van der Waals surface area contributed by atoms with Gasteiger partial charge in [-0.05, 0) is 36.2 Å². The van der Waals surface area contributed by atoms with Gasteiger partial charge in [0.25, 0.3) is 5.91 Å². The molecule has 0 heterocycles. The number of carbonyl (C=O) groups excluding carboxylic acids is 2. The summed E-state index contributed by atoms with van der Waals surface area (Å²) in [5.74, 6) is 1.49. The van der Waals surface area contributed by atoms with E-state index in [1.165, 1.54) is 14.2 Å². The van der Waals surface area contributed by atoms with Crippen LogP contribution in [0.4, 0.5) is 0 Å². The summed E-state index contributed by atoms with van der Waals surface area (Å²) in [6.07, 6.45) is 0.942. The standard InChI is InChI=1S/C21H26N2O5/c1-26-17-7-5-4-6-15(17)9-11-20(24)22-12-13-23-21(25)16-8-10-18(27-2)19(14-16)28-3/h4-8,10,14H,9,11-13H2,1-3H3,(H,22,24)(H,23,25). The minimum Gasteiger partial charge on any atom is -0.496 e. The minimum atomic E-state index is -0.246. The fraction of sp³-hybridized carbons (Fsp3) is 0.333. The zero-order valence-corrected chi connectivity index (χ0v) is 16.4. The fourth-order valence-corrected chi connectivity index (χ4v) is 2.70. The van der Waals surface area contributed by atoms with Gasteiger partial charge in [0, 0.05) is 25.1 Å². The molecule has 28 heavy (non-hydrogen) atoms. The van der Waals surface area contributed by atoms with Crippen LogP contribution in [0.15, 0.2) is 42.5 Å². The minimum absolute atomic E-state index is 0.0775. The number of para-hydroxylation sites is 1. The molecule has 2 aromatic carbocycles. The first-order valence-electron chi connectivity index (χ1n) is 8.97. The summed E-state index contributed by atoms with van der Waals surface area (Å²) in [4.78, 5) is 24.2. The van der Waals surface area contributed by atoms with Gasteiger partial charge in [-0.2, -0.15) is 0 Å². The molecule has 0 aliphatic carbocycles. The van der Waals surface area contributed by atoms with E-state index in [0.29, 0.717) is 43.0 Å². The Morgan fingerprint density at radius 1 is 0.821 bits per heavy atom. The zero-order chi connectivity index (χ0) is 20.4.